The lowest BCUT2D eigenvalue weighted by atomic mass is 10.3. The van der Waals surface area contributed by atoms with Crippen molar-refractivity contribution in [2.45, 2.75) is 11.4 Å². The molecule has 9 heteroatoms. The van der Waals surface area contributed by atoms with Crippen LogP contribution in [0.25, 0.3) is 0 Å². The zero-order chi connectivity index (χ0) is 15.5. The van der Waals surface area contributed by atoms with Crippen molar-refractivity contribution in [2.24, 2.45) is 0 Å². The van der Waals surface area contributed by atoms with Crippen molar-refractivity contribution in [3.8, 4) is 0 Å². The summed E-state index contributed by atoms with van der Waals surface area (Å²) < 4.78 is 31.5. The predicted molar refractivity (Wildman–Crippen MR) is 75.4 cm³/mol. The van der Waals surface area contributed by atoms with Gasteiger partial charge in [0.05, 0.1) is 17.4 Å². The molecule has 1 aromatic carbocycles. The maximum atomic E-state index is 12.2. The number of anilines is 1. The molecule has 8 nitrogen and oxygen atoms in total. The number of nitrogens with one attached hydrogen (secondary N) is 2. The standard InChI is InChI=1S/C12H13N3O5S/c1-13-10-2-3-12(11(6-10)15(16)17)21(18,19)14-7-9-4-5-20-8-9/h2-6,8,13-14H,7H2,1H3. The highest BCUT2D eigenvalue weighted by Gasteiger charge is 2.25. The third-order valence-corrected chi connectivity index (χ3v) is 4.23. The van der Waals surface area contributed by atoms with E-state index in [9.17, 15) is 18.5 Å². The Kier molecular flexibility index (Phi) is 4.24. The molecule has 112 valence electrons. The molecule has 0 unspecified atom stereocenters. The van der Waals surface area contributed by atoms with Gasteiger partial charge in [-0.2, -0.15) is 0 Å². The van der Waals surface area contributed by atoms with Gasteiger partial charge < -0.3 is 9.73 Å². The van der Waals surface area contributed by atoms with Crippen LogP contribution >= 0.6 is 0 Å². The van der Waals surface area contributed by atoms with Gasteiger partial charge in [-0.3, -0.25) is 10.1 Å². The first-order valence-electron chi connectivity index (χ1n) is 5.91. The quantitative estimate of drug-likeness (QED) is 0.620. The van der Waals surface area contributed by atoms with Crippen LogP contribution in [0, 0.1) is 10.1 Å². The number of benzene rings is 1. The van der Waals surface area contributed by atoms with E-state index < -0.39 is 20.6 Å². The number of rotatable bonds is 6. The molecule has 0 aliphatic carbocycles. The van der Waals surface area contributed by atoms with E-state index in [0.29, 0.717) is 11.3 Å². The molecule has 0 aliphatic rings. The summed E-state index contributed by atoms with van der Waals surface area (Å²) in [6, 6.07) is 5.43. The van der Waals surface area contributed by atoms with E-state index in [1.165, 1.54) is 30.7 Å². The summed E-state index contributed by atoms with van der Waals surface area (Å²) >= 11 is 0. The lowest BCUT2D eigenvalue weighted by Crippen LogP contribution is -2.23. The SMILES string of the molecule is CNc1ccc(S(=O)(=O)NCc2ccoc2)c([N+](=O)[O-])c1. The summed E-state index contributed by atoms with van der Waals surface area (Å²) in [5, 5.41) is 13.8. The lowest BCUT2D eigenvalue weighted by molar-refractivity contribution is -0.387. The van der Waals surface area contributed by atoms with Crippen LogP contribution in [0.4, 0.5) is 11.4 Å². The van der Waals surface area contributed by atoms with Crippen LogP contribution in [-0.2, 0) is 16.6 Å². The average Bonchev–Trinajstić information content (AvgIpc) is 2.98. The molecular weight excluding hydrogens is 298 g/mol. The zero-order valence-electron chi connectivity index (χ0n) is 11.1. The largest absolute Gasteiger partial charge is 0.472 e. The second-order valence-electron chi connectivity index (χ2n) is 4.15. The van der Waals surface area contributed by atoms with Gasteiger partial charge in [-0.1, -0.05) is 0 Å². The molecule has 0 fully saturated rings. The van der Waals surface area contributed by atoms with Gasteiger partial charge in [0.2, 0.25) is 10.0 Å². The van der Waals surface area contributed by atoms with Crippen molar-refractivity contribution in [3.63, 3.8) is 0 Å². The molecular formula is C12H13N3O5S. The molecule has 0 saturated heterocycles. The summed E-state index contributed by atoms with van der Waals surface area (Å²) in [5.41, 5.74) is 0.588. The van der Waals surface area contributed by atoms with Gasteiger partial charge >= 0.3 is 0 Å². The molecule has 0 atom stereocenters. The minimum atomic E-state index is -4.00. The second-order valence-corrected chi connectivity index (χ2v) is 5.88. The Labute approximate surface area is 121 Å². The number of nitro groups is 1. The Morgan fingerprint density at radius 3 is 2.67 bits per heavy atom. The number of nitrogens with zero attached hydrogens (tertiary/aromatic N) is 1. The maximum Gasteiger partial charge on any atom is 0.291 e. The Hall–Kier alpha value is -2.39. The Balaban J connectivity index is 2.32. The summed E-state index contributed by atoms with van der Waals surface area (Å²) in [6.07, 6.45) is 2.80. The van der Waals surface area contributed by atoms with Gasteiger partial charge in [0.15, 0.2) is 4.90 Å². The molecule has 1 heterocycles. The fourth-order valence-corrected chi connectivity index (χ4v) is 2.86. The molecule has 0 saturated carbocycles. The molecule has 2 rings (SSSR count). The zero-order valence-corrected chi connectivity index (χ0v) is 11.9. The van der Waals surface area contributed by atoms with Crippen molar-refractivity contribution in [1.29, 1.82) is 0 Å². The summed E-state index contributed by atoms with van der Waals surface area (Å²) in [5.74, 6) is 0. The van der Waals surface area contributed by atoms with Crippen LogP contribution in [-0.4, -0.2) is 20.4 Å². The van der Waals surface area contributed by atoms with Gasteiger partial charge in [0.25, 0.3) is 5.69 Å². The highest BCUT2D eigenvalue weighted by Crippen LogP contribution is 2.27. The third kappa shape index (κ3) is 3.38. The lowest BCUT2D eigenvalue weighted by Gasteiger charge is -2.08. The first-order chi connectivity index (χ1) is 9.94. The molecule has 0 amide bonds. The molecule has 0 radical (unpaired) electrons. The molecule has 2 N–H and O–H groups in total. The van der Waals surface area contributed by atoms with Crippen LogP contribution in [0.1, 0.15) is 5.56 Å². The van der Waals surface area contributed by atoms with E-state index >= 15 is 0 Å². The van der Waals surface area contributed by atoms with Gasteiger partial charge in [0, 0.05) is 30.9 Å². The molecule has 1 aromatic heterocycles. The summed E-state index contributed by atoms with van der Waals surface area (Å²) in [4.78, 5) is 9.93. The fourth-order valence-electron chi connectivity index (χ4n) is 1.69. The number of furan rings is 1. The Morgan fingerprint density at radius 1 is 1.33 bits per heavy atom. The van der Waals surface area contributed by atoms with Crippen LogP contribution < -0.4 is 10.0 Å². The van der Waals surface area contributed by atoms with Gasteiger partial charge in [-0.25, -0.2) is 13.1 Å². The van der Waals surface area contributed by atoms with Crippen molar-refractivity contribution in [3.05, 3.63) is 52.5 Å². The van der Waals surface area contributed by atoms with E-state index in [1.54, 1.807) is 13.1 Å². The molecule has 0 aliphatic heterocycles. The van der Waals surface area contributed by atoms with Gasteiger partial charge in [-0.15, -0.1) is 0 Å². The molecule has 0 spiro atoms. The van der Waals surface area contributed by atoms with Gasteiger partial charge in [0.1, 0.15) is 0 Å². The highest BCUT2D eigenvalue weighted by molar-refractivity contribution is 7.89. The summed E-state index contributed by atoms with van der Waals surface area (Å²) in [7, 11) is -2.41. The molecule has 0 bridgehead atoms. The topological polar surface area (TPSA) is 114 Å². The normalized spacial score (nSPS) is 11.3. The van der Waals surface area contributed by atoms with E-state index in [0.717, 1.165) is 0 Å². The minimum Gasteiger partial charge on any atom is -0.472 e. The fraction of sp³-hybridized carbons (Fsp3) is 0.167. The van der Waals surface area contributed by atoms with Crippen LogP contribution in [0.5, 0.6) is 0 Å². The van der Waals surface area contributed by atoms with Crippen LogP contribution in [0.3, 0.4) is 0 Å². The van der Waals surface area contributed by atoms with Crippen molar-refractivity contribution < 1.29 is 17.8 Å². The Morgan fingerprint density at radius 2 is 2.10 bits per heavy atom. The minimum absolute atomic E-state index is 0.0102. The monoisotopic (exact) mass is 311 g/mol. The van der Waals surface area contributed by atoms with E-state index in [-0.39, 0.29) is 11.4 Å². The number of nitro benzene ring substituents is 1. The van der Waals surface area contributed by atoms with Crippen molar-refractivity contribution in [1.82, 2.24) is 4.72 Å². The van der Waals surface area contributed by atoms with Crippen molar-refractivity contribution in [2.75, 3.05) is 12.4 Å². The summed E-state index contributed by atoms with van der Waals surface area (Å²) in [6.45, 7) is -0.0102. The average molecular weight is 311 g/mol. The maximum absolute atomic E-state index is 12.2. The highest BCUT2D eigenvalue weighted by atomic mass is 32.2. The molecule has 2 aromatic rings. The molecule has 21 heavy (non-hydrogen) atoms. The smallest absolute Gasteiger partial charge is 0.291 e. The first-order valence-corrected chi connectivity index (χ1v) is 7.39. The Bertz CT molecular complexity index is 740. The van der Waals surface area contributed by atoms with Crippen LogP contribution in [0.15, 0.2) is 46.1 Å². The van der Waals surface area contributed by atoms with E-state index in [1.807, 2.05) is 0 Å². The number of sulfonamides is 1. The van der Waals surface area contributed by atoms with Crippen molar-refractivity contribution >= 4 is 21.4 Å². The van der Waals surface area contributed by atoms with Gasteiger partial charge in [-0.05, 0) is 18.2 Å². The van der Waals surface area contributed by atoms with E-state index in [2.05, 4.69) is 10.0 Å². The number of hydrogen-bond acceptors (Lipinski definition) is 6. The number of hydrogen-bond donors (Lipinski definition) is 2. The van der Waals surface area contributed by atoms with Crippen LogP contribution in [0.2, 0.25) is 0 Å². The third-order valence-electron chi connectivity index (χ3n) is 2.78. The first kappa shape index (κ1) is 15.0. The van der Waals surface area contributed by atoms with E-state index in [4.69, 9.17) is 4.42 Å². The second kappa shape index (κ2) is 5.94. The predicted octanol–water partition coefficient (Wildman–Crippen LogP) is 1.71.